The highest BCUT2D eigenvalue weighted by molar-refractivity contribution is 5.84. The highest BCUT2D eigenvalue weighted by Gasteiger charge is 2.47. The first-order chi connectivity index (χ1) is 14.5. The van der Waals surface area contributed by atoms with Crippen LogP contribution in [0.5, 0.6) is 0 Å². The van der Waals surface area contributed by atoms with Crippen molar-refractivity contribution in [1.29, 1.82) is 0 Å². The molecule has 3 atom stereocenters. The van der Waals surface area contributed by atoms with Gasteiger partial charge in [0.1, 0.15) is 12.6 Å². The smallest absolute Gasteiger partial charge is 0.329 e. The van der Waals surface area contributed by atoms with Gasteiger partial charge in [-0.2, -0.15) is 0 Å². The lowest BCUT2D eigenvalue weighted by Gasteiger charge is -2.32. The maximum Gasteiger partial charge on any atom is 0.329 e. The molecule has 1 heterocycles. The van der Waals surface area contributed by atoms with E-state index in [2.05, 4.69) is 13.8 Å². The van der Waals surface area contributed by atoms with Crippen molar-refractivity contribution in [3.05, 3.63) is 35.9 Å². The standard InChI is InChI=1S/C18H23NO3.C5H12.C2H7N/c1-13(20)19-16-10-6-5-9-15(16)11-17(19)18(21)22-12-14-7-3-2-4-8-14;1-3-5-4-2;1-2-3/h2-4,7-8,15-17H,5-6,9-12H2,1H3;3-5H2,1-2H3;2-3H2,1H3/t15?,16-,17-;;/m0../s1. The van der Waals surface area contributed by atoms with Crippen LogP contribution in [0.25, 0.3) is 0 Å². The third-order valence-electron chi connectivity index (χ3n) is 5.65. The molecule has 0 spiro atoms. The lowest BCUT2D eigenvalue weighted by Crippen LogP contribution is -2.45. The summed E-state index contributed by atoms with van der Waals surface area (Å²) in [4.78, 5) is 26.3. The lowest BCUT2D eigenvalue weighted by atomic mass is 9.85. The number of rotatable bonds is 5. The number of nitrogens with zero attached hydrogens (tertiary/aromatic N) is 1. The molecule has 2 N–H and O–H groups in total. The number of fused-ring (bicyclic) bond motifs is 1. The highest BCUT2D eigenvalue weighted by atomic mass is 16.5. The number of esters is 1. The van der Waals surface area contributed by atoms with Crippen LogP contribution in [0.15, 0.2) is 30.3 Å². The summed E-state index contributed by atoms with van der Waals surface area (Å²) in [6.07, 6.45) is 9.34. The van der Waals surface area contributed by atoms with Crippen molar-refractivity contribution in [3.63, 3.8) is 0 Å². The van der Waals surface area contributed by atoms with E-state index in [1.165, 1.54) is 25.7 Å². The molecule has 1 aliphatic heterocycles. The molecule has 1 aliphatic carbocycles. The zero-order valence-electron chi connectivity index (χ0n) is 19.4. The summed E-state index contributed by atoms with van der Waals surface area (Å²) in [5.41, 5.74) is 5.82. The topological polar surface area (TPSA) is 72.6 Å². The molecule has 5 heteroatoms. The van der Waals surface area contributed by atoms with Gasteiger partial charge < -0.3 is 15.4 Å². The first kappa shape index (κ1) is 26.2. The number of hydrogen-bond donors (Lipinski definition) is 1. The first-order valence-electron chi connectivity index (χ1n) is 11.7. The van der Waals surface area contributed by atoms with E-state index in [-0.39, 0.29) is 24.5 Å². The zero-order valence-corrected chi connectivity index (χ0v) is 19.4. The van der Waals surface area contributed by atoms with Gasteiger partial charge in [-0.05, 0) is 37.3 Å². The number of nitrogens with two attached hydrogens (primary N) is 1. The van der Waals surface area contributed by atoms with Crippen LogP contribution in [0, 0.1) is 5.92 Å². The van der Waals surface area contributed by atoms with E-state index in [0.29, 0.717) is 5.92 Å². The summed E-state index contributed by atoms with van der Waals surface area (Å²) in [5.74, 6) is 0.205. The van der Waals surface area contributed by atoms with Gasteiger partial charge in [-0.1, -0.05) is 83.2 Å². The van der Waals surface area contributed by atoms with E-state index in [9.17, 15) is 9.59 Å². The fourth-order valence-corrected chi connectivity index (χ4v) is 4.30. The van der Waals surface area contributed by atoms with Gasteiger partial charge >= 0.3 is 5.97 Å². The predicted molar refractivity (Wildman–Crippen MR) is 123 cm³/mol. The van der Waals surface area contributed by atoms with Gasteiger partial charge in [0, 0.05) is 13.0 Å². The van der Waals surface area contributed by atoms with E-state index in [0.717, 1.165) is 37.8 Å². The molecular weight excluding hydrogens is 376 g/mol. The molecule has 1 saturated heterocycles. The predicted octanol–water partition coefficient (Wildman–Crippen LogP) is 5.07. The van der Waals surface area contributed by atoms with Crippen molar-refractivity contribution in [3.8, 4) is 0 Å². The Labute approximate surface area is 183 Å². The summed E-state index contributed by atoms with van der Waals surface area (Å²) in [5, 5.41) is 0. The second-order valence-corrected chi connectivity index (χ2v) is 8.14. The van der Waals surface area contributed by atoms with Gasteiger partial charge in [-0.3, -0.25) is 4.79 Å². The van der Waals surface area contributed by atoms with E-state index < -0.39 is 6.04 Å². The summed E-state index contributed by atoms with van der Waals surface area (Å²) in [6, 6.07) is 9.50. The van der Waals surface area contributed by atoms with Gasteiger partial charge in [0.15, 0.2) is 0 Å². The summed E-state index contributed by atoms with van der Waals surface area (Å²) >= 11 is 0. The molecule has 1 amide bonds. The second-order valence-electron chi connectivity index (χ2n) is 8.14. The van der Waals surface area contributed by atoms with Crippen molar-refractivity contribution in [1.82, 2.24) is 4.90 Å². The summed E-state index contributed by atoms with van der Waals surface area (Å²) in [6.45, 7) is 8.92. The number of carbonyl (C=O) groups excluding carboxylic acids is 2. The molecule has 1 aromatic rings. The number of hydrogen-bond acceptors (Lipinski definition) is 4. The molecular formula is C25H42N2O3. The van der Waals surface area contributed by atoms with Crippen molar-refractivity contribution in [2.24, 2.45) is 11.7 Å². The van der Waals surface area contributed by atoms with E-state index in [1.807, 2.05) is 37.3 Å². The normalized spacial score (nSPS) is 22.0. The molecule has 0 aromatic heterocycles. The van der Waals surface area contributed by atoms with Crippen LogP contribution < -0.4 is 5.73 Å². The second kappa shape index (κ2) is 15.0. The molecule has 170 valence electrons. The molecule has 0 bridgehead atoms. The average molecular weight is 419 g/mol. The molecule has 30 heavy (non-hydrogen) atoms. The number of benzene rings is 1. The number of likely N-dealkylation sites (tertiary alicyclic amines) is 1. The van der Waals surface area contributed by atoms with Crippen LogP contribution in [-0.2, 0) is 20.9 Å². The molecule has 1 unspecified atom stereocenters. The minimum Gasteiger partial charge on any atom is -0.459 e. The summed E-state index contributed by atoms with van der Waals surface area (Å²) < 4.78 is 5.47. The quantitative estimate of drug-likeness (QED) is 0.678. The van der Waals surface area contributed by atoms with Crippen LogP contribution in [0.1, 0.15) is 84.6 Å². The minimum atomic E-state index is -0.394. The van der Waals surface area contributed by atoms with Gasteiger partial charge in [-0.25, -0.2) is 4.79 Å². The molecule has 2 fully saturated rings. The third-order valence-corrected chi connectivity index (χ3v) is 5.65. The van der Waals surface area contributed by atoms with Crippen LogP contribution in [-0.4, -0.2) is 35.4 Å². The van der Waals surface area contributed by atoms with Crippen LogP contribution >= 0.6 is 0 Å². The maximum absolute atomic E-state index is 12.5. The Hall–Kier alpha value is -1.88. The number of ether oxygens (including phenoxy) is 1. The molecule has 1 aromatic carbocycles. The van der Waals surface area contributed by atoms with Crippen LogP contribution in [0.4, 0.5) is 0 Å². The largest absolute Gasteiger partial charge is 0.459 e. The van der Waals surface area contributed by atoms with Gasteiger partial charge in [0.25, 0.3) is 0 Å². The Morgan fingerprint density at radius 2 is 1.67 bits per heavy atom. The SMILES string of the molecule is CC(=O)N1[C@H](C(=O)OCc2ccccc2)CC2CCCC[C@@H]21.CCCCC.CCN. The van der Waals surface area contributed by atoms with E-state index in [4.69, 9.17) is 10.5 Å². The number of amides is 1. The Morgan fingerprint density at radius 3 is 2.20 bits per heavy atom. The molecule has 5 nitrogen and oxygen atoms in total. The van der Waals surface area contributed by atoms with E-state index in [1.54, 1.807) is 11.8 Å². The van der Waals surface area contributed by atoms with Crippen molar-refractivity contribution in [2.45, 2.75) is 97.8 Å². The Morgan fingerprint density at radius 1 is 1.07 bits per heavy atom. The fraction of sp³-hybridized carbons (Fsp3) is 0.680. The zero-order chi connectivity index (χ0) is 22.4. The first-order valence-corrected chi connectivity index (χ1v) is 11.7. The van der Waals surface area contributed by atoms with Gasteiger partial charge in [0.05, 0.1) is 0 Å². The molecule has 1 saturated carbocycles. The Balaban J connectivity index is 0.000000485. The van der Waals surface area contributed by atoms with Crippen LogP contribution in [0.3, 0.4) is 0 Å². The average Bonchev–Trinajstić information content (AvgIpc) is 3.14. The van der Waals surface area contributed by atoms with Crippen LogP contribution in [0.2, 0.25) is 0 Å². The maximum atomic E-state index is 12.5. The third kappa shape index (κ3) is 8.47. The monoisotopic (exact) mass is 418 g/mol. The Bertz CT molecular complexity index is 604. The number of carbonyl (C=O) groups is 2. The van der Waals surface area contributed by atoms with Gasteiger partial charge in [-0.15, -0.1) is 0 Å². The van der Waals surface area contributed by atoms with Crippen molar-refractivity contribution in [2.75, 3.05) is 6.54 Å². The number of unbranched alkanes of at least 4 members (excludes halogenated alkanes) is 2. The lowest BCUT2D eigenvalue weighted by molar-refractivity contribution is -0.155. The molecule has 0 radical (unpaired) electrons. The highest BCUT2D eigenvalue weighted by Crippen LogP contribution is 2.40. The minimum absolute atomic E-state index is 0.00365. The molecule has 2 aliphatic rings. The van der Waals surface area contributed by atoms with Gasteiger partial charge in [0.2, 0.25) is 5.91 Å². The van der Waals surface area contributed by atoms with E-state index >= 15 is 0 Å². The van der Waals surface area contributed by atoms with Crippen molar-refractivity contribution >= 4 is 11.9 Å². The fourth-order valence-electron chi connectivity index (χ4n) is 4.30. The Kier molecular flexibility index (Phi) is 13.1. The summed E-state index contributed by atoms with van der Waals surface area (Å²) in [7, 11) is 0. The molecule has 3 rings (SSSR count). The van der Waals surface area contributed by atoms with Crippen molar-refractivity contribution < 1.29 is 14.3 Å².